The number of ether oxygens (including phenoxy) is 3. The summed E-state index contributed by atoms with van der Waals surface area (Å²) in [5.41, 5.74) is 1.10. The Morgan fingerprint density at radius 1 is 1.33 bits per heavy atom. The van der Waals surface area contributed by atoms with Crippen LogP contribution >= 0.6 is 11.6 Å². The average molecular weight is 314 g/mol. The van der Waals surface area contributed by atoms with Gasteiger partial charge in [-0.25, -0.2) is 0 Å². The summed E-state index contributed by atoms with van der Waals surface area (Å²) in [6.45, 7) is 4.78. The summed E-state index contributed by atoms with van der Waals surface area (Å²) >= 11 is 6.21. The van der Waals surface area contributed by atoms with Gasteiger partial charge < -0.3 is 19.5 Å². The zero-order chi connectivity index (χ0) is 15.2. The quantitative estimate of drug-likeness (QED) is 0.875. The van der Waals surface area contributed by atoms with Crippen molar-refractivity contribution in [2.45, 2.75) is 32.4 Å². The summed E-state index contributed by atoms with van der Waals surface area (Å²) in [6, 6.07) is 3.88. The summed E-state index contributed by atoms with van der Waals surface area (Å²) in [5, 5.41) is 4.07. The van der Waals surface area contributed by atoms with E-state index >= 15 is 0 Å². The van der Waals surface area contributed by atoms with Gasteiger partial charge in [0.05, 0.1) is 25.3 Å². The van der Waals surface area contributed by atoms with E-state index in [1.54, 1.807) is 14.2 Å². The van der Waals surface area contributed by atoms with Crippen LogP contribution in [0.3, 0.4) is 0 Å². The largest absolute Gasteiger partial charge is 0.493 e. The van der Waals surface area contributed by atoms with Crippen molar-refractivity contribution < 1.29 is 14.2 Å². The van der Waals surface area contributed by atoms with Crippen molar-refractivity contribution in [2.24, 2.45) is 5.92 Å². The molecular weight excluding hydrogens is 290 g/mol. The van der Waals surface area contributed by atoms with Crippen LogP contribution in [-0.2, 0) is 11.3 Å². The molecule has 1 N–H and O–H groups in total. The van der Waals surface area contributed by atoms with Crippen LogP contribution in [0, 0.1) is 5.92 Å². The van der Waals surface area contributed by atoms with E-state index in [4.69, 9.17) is 25.8 Å². The highest BCUT2D eigenvalue weighted by molar-refractivity contribution is 6.32. The molecule has 1 aromatic carbocycles. The van der Waals surface area contributed by atoms with Gasteiger partial charge in [-0.15, -0.1) is 0 Å². The molecule has 1 aliphatic heterocycles. The topological polar surface area (TPSA) is 39.7 Å². The van der Waals surface area contributed by atoms with Crippen LogP contribution in [0.15, 0.2) is 12.1 Å². The lowest BCUT2D eigenvalue weighted by atomic mass is 9.96. The lowest BCUT2D eigenvalue weighted by Gasteiger charge is -2.27. The third kappa shape index (κ3) is 4.50. The number of benzene rings is 1. The Bertz CT molecular complexity index is 467. The zero-order valence-electron chi connectivity index (χ0n) is 12.9. The monoisotopic (exact) mass is 313 g/mol. The van der Waals surface area contributed by atoms with Gasteiger partial charge in [0.25, 0.3) is 0 Å². The van der Waals surface area contributed by atoms with E-state index in [1.807, 2.05) is 12.1 Å². The van der Waals surface area contributed by atoms with Gasteiger partial charge in [0, 0.05) is 13.2 Å². The molecule has 2 atom stereocenters. The fourth-order valence-electron chi connectivity index (χ4n) is 2.77. The predicted molar refractivity (Wildman–Crippen MR) is 84.4 cm³/mol. The smallest absolute Gasteiger partial charge is 0.179 e. The highest BCUT2D eigenvalue weighted by atomic mass is 35.5. The fourth-order valence-corrected chi connectivity index (χ4v) is 3.08. The van der Waals surface area contributed by atoms with Crippen LogP contribution in [-0.4, -0.2) is 33.5 Å². The fraction of sp³-hybridized carbons (Fsp3) is 0.625. The van der Waals surface area contributed by atoms with Gasteiger partial charge in [-0.3, -0.25) is 0 Å². The first kappa shape index (κ1) is 16.4. The molecular formula is C16H24ClNO3. The molecule has 21 heavy (non-hydrogen) atoms. The molecule has 0 amide bonds. The maximum Gasteiger partial charge on any atom is 0.179 e. The van der Waals surface area contributed by atoms with Crippen molar-refractivity contribution in [3.05, 3.63) is 22.7 Å². The van der Waals surface area contributed by atoms with Crippen molar-refractivity contribution in [1.29, 1.82) is 0 Å². The molecule has 0 saturated carbocycles. The summed E-state index contributed by atoms with van der Waals surface area (Å²) in [7, 11) is 3.21. The van der Waals surface area contributed by atoms with Gasteiger partial charge in [0.2, 0.25) is 0 Å². The number of hydrogen-bond donors (Lipinski definition) is 1. The minimum absolute atomic E-state index is 0.376. The second-order valence-corrected chi connectivity index (χ2v) is 5.92. The van der Waals surface area contributed by atoms with E-state index in [2.05, 4.69) is 12.2 Å². The van der Waals surface area contributed by atoms with Crippen molar-refractivity contribution >= 4 is 11.6 Å². The first-order valence-corrected chi connectivity index (χ1v) is 7.74. The standard InChI is InChI=1S/C16H24ClNO3/c1-11-6-12(4-5-21-11)9-18-10-13-7-14(17)16(20-3)15(8-13)19-2/h7-8,11-12,18H,4-6,9-10H2,1-3H3/t11-,12+/m1/s1. The summed E-state index contributed by atoms with van der Waals surface area (Å²) in [4.78, 5) is 0. The molecule has 1 aliphatic rings. The molecule has 0 bridgehead atoms. The Balaban J connectivity index is 1.89. The van der Waals surface area contributed by atoms with Gasteiger partial charge in [0.15, 0.2) is 11.5 Å². The molecule has 0 spiro atoms. The Labute approximate surface area is 131 Å². The second kappa shape index (κ2) is 7.87. The zero-order valence-corrected chi connectivity index (χ0v) is 13.7. The lowest BCUT2D eigenvalue weighted by Crippen LogP contribution is -2.30. The summed E-state index contributed by atoms with van der Waals surface area (Å²) in [6.07, 6.45) is 2.63. The van der Waals surface area contributed by atoms with Crippen LogP contribution in [0.25, 0.3) is 0 Å². The first-order chi connectivity index (χ1) is 10.1. The average Bonchev–Trinajstić information content (AvgIpc) is 2.46. The van der Waals surface area contributed by atoms with Crippen LogP contribution in [0.2, 0.25) is 5.02 Å². The first-order valence-electron chi connectivity index (χ1n) is 7.36. The van der Waals surface area contributed by atoms with Crippen molar-refractivity contribution in [2.75, 3.05) is 27.4 Å². The van der Waals surface area contributed by atoms with E-state index in [9.17, 15) is 0 Å². The van der Waals surface area contributed by atoms with Gasteiger partial charge >= 0.3 is 0 Å². The molecule has 1 aromatic rings. The Morgan fingerprint density at radius 2 is 2.14 bits per heavy atom. The second-order valence-electron chi connectivity index (χ2n) is 5.52. The van der Waals surface area contributed by atoms with Crippen molar-refractivity contribution in [3.63, 3.8) is 0 Å². The molecule has 0 radical (unpaired) electrons. The molecule has 0 aliphatic carbocycles. The van der Waals surface area contributed by atoms with Crippen LogP contribution in [0.5, 0.6) is 11.5 Å². The Kier molecular flexibility index (Phi) is 6.15. The van der Waals surface area contributed by atoms with E-state index in [0.29, 0.717) is 28.5 Å². The summed E-state index contributed by atoms with van der Waals surface area (Å²) < 4.78 is 16.1. The highest BCUT2D eigenvalue weighted by Crippen LogP contribution is 2.36. The van der Waals surface area contributed by atoms with Crippen LogP contribution in [0.4, 0.5) is 0 Å². The Hall–Kier alpha value is -0.970. The minimum atomic E-state index is 0.376. The molecule has 0 unspecified atom stereocenters. The molecule has 0 aromatic heterocycles. The molecule has 1 saturated heterocycles. The molecule has 5 heteroatoms. The SMILES string of the molecule is COc1cc(CNC[C@H]2CCO[C@H](C)C2)cc(Cl)c1OC. The van der Waals surface area contributed by atoms with Gasteiger partial charge in [-0.1, -0.05) is 11.6 Å². The van der Waals surface area contributed by atoms with Gasteiger partial charge in [-0.2, -0.15) is 0 Å². The third-order valence-electron chi connectivity index (χ3n) is 3.85. The van der Waals surface area contributed by atoms with E-state index in [-0.39, 0.29) is 0 Å². The highest BCUT2D eigenvalue weighted by Gasteiger charge is 2.19. The van der Waals surface area contributed by atoms with Crippen molar-refractivity contribution in [3.8, 4) is 11.5 Å². The van der Waals surface area contributed by atoms with Crippen molar-refractivity contribution in [1.82, 2.24) is 5.32 Å². The lowest BCUT2D eigenvalue weighted by molar-refractivity contribution is 0.00289. The van der Waals surface area contributed by atoms with Gasteiger partial charge in [0.1, 0.15) is 0 Å². The van der Waals surface area contributed by atoms with Crippen LogP contribution in [0.1, 0.15) is 25.3 Å². The molecule has 4 nitrogen and oxygen atoms in total. The van der Waals surface area contributed by atoms with E-state index in [0.717, 1.165) is 38.1 Å². The number of halogens is 1. The number of hydrogen-bond acceptors (Lipinski definition) is 4. The normalized spacial score (nSPS) is 22.1. The predicted octanol–water partition coefficient (Wildman–Crippen LogP) is 3.26. The molecule has 1 heterocycles. The van der Waals surface area contributed by atoms with E-state index < -0.39 is 0 Å². The van der Waals surface area contributed by atoms with E-state index in [1.165, 1.54) is 0 Å². The number of methoxy groups -OCH3 is 2. The molecule has 118 valence electrons. The molecule has 2 rings (SSSR count). The minimum Gasteiger partial charge on any atom is -0.493 e. The summed E-state index contributed by atoms with van der Waals surface area (Å²) in [5.74, 6) is 1.94. The third-order valence-corrected chi connectivity index (χ3v) is 4.13. The maximum atomic E-state index is 6.21. The van der Waals surface area contributed by atoms with Gasteiger partial charge in [-0.05, 0) is 49.9 Å². The molecule has 1 fully saturated rings. The number of nitrogens with one attached hydrogen (secondary N) is 1. The Morgan fingerprint density at radius 3 is 2.81 bits per heavy atom. The number of rotatable bonds is 6. The van der Waals surface area contributed by atoms with Crippen LogP contribution < -0.4 is 14.8 Å². The maximum absolute atomic E-state index is 6.21.